The van der Waals surface area contributed by atoms with Crippen molar-refractivity contribution < 1.29 is 9.59 Å². The van der Waals surface area contributed by atoms with Gasteiger partial charge in [0, 0.05) is 46.9 Å². The lowest BCUT2D eigenvalue weighted by molar-refractivity contribution is -0.130. The lowest BCUT2D eigenvalue weighted by Crippen LogP contribution is -2.51. The number of halogens is 2. The summed E-state index contributed by atoms with van der Waals surface area (Å²) in [5.74, 6) is -0.315. The fourth-order valence-corrected chi connectivity index (χ4v) is 3.31. The van der Waals surface area contributed by atoms with Crippen LogP contribution in [0.5, 0.6) is 0 Å². The predicted molar refractivity (Wildman–Crippen MR) is 107 cm³/mol. The van der Waals surface area contributed by atoms with Crippen LogP contribution < -0.4 is 10.2 Å². The van der Waals surface area contributed by atoms with Crippen molar-refractivity contribution in [1.29, 1.82) is 0 Å². The number of piperazine rings is 1. The van der Waals surface area contributed by atoms with Gasteiger partial charge in [0.15, 0.2) is 0 Å². The maximum absolute atomic E-state index is 12.3. The van der Waals surface area contributed by atoms with E-state index in [0.29, 0.717) is 23.7 Å². The van der Waals surface area contributed by atoms with E-state index >= 15 is 0 Å². The molecule has 2 aromatic rings. The van der Waals surface area contributed by atoms with Gasteiger partial charge in [-0.25, -0.2) is 0 Å². The molecule has 0 atom stereocenters. The van der Waals surface area contributed by atoms with E-state index in [1.807, 2.05) is 24.3 Å². The Labute approximate surface area is 166 Å². The number of rotatable bonds is 4. The van der Waals surface area contributed by atoms with Crippen LogP contribution >= 0.6 is 27.5 Å². The Hall–Kier alpha value is -2.05. The van der Waals surface area contributed by atoms with E-state index in [1.165, 1.54) is 0 Å². The Balaban J connectivity index is 1.47. The molecule has 0 spiro atoms. The second-order valence-electron chi connectivity index (χ2n) is 6.04. The van der Waals surface area contributed by atoms with E-state index < -0.39 is 0 Å². The number of carbonyl (C=O) groups excluding carboxylic acids is 2. The minimum Gasteiger partial charge on any atom is -0.368 e. The smallest absolute Gasteiger partial charge is 0.251 e. The number of carbonyl (C=O) groups is 2. The molecule has 1 aliphatic heterocycles. The number of nitrogens with one attached hydrogen (secondary N) is 1. The molecule has 1 saturated heterocycles. The van der Waals surface area contributed by atoms with E-state index in [9.17, 15) is 9.59 Å². The van der Waals surface area contributed by atoms with Gasteiger partial charge in [-0.1, -0.05) is 33.6 Å². The summed E-state index contributed by atoms with van der Waals surface area (Å²) in [5.41, 5.74) is 1.60. The van der Waals surface area contributed by atoms with Crippen LogP contribution in [0.2, 0.25) is 5.02 Å². The average Bonchev–Trinajstić information content (AvgIpc) is 2.66. The molecule has 0 bridgehead atoms. The molecule has 2 aromatic carbocycles. The van der Waals surface area contributed by atoms with Gasteiger partial charge in [-0.15, -0.1) is 0 Å². The fourth-order valence-electron chi connectivity index (χ4n) is 2.86. The monoisotopic (exact) mass is 435 g/mol. The number of hydrogen-bond donors (Lipinski definition) is 1. The molecule has 1 N–H and O–H groups in total. The molecule has 136 valence electrons. The molecule has 0 radical (unpaired) electrons. The van der Waals surface area contributed by atoms with Crippen LogP contribution in [0.3, 0.4) is 0 Å². The number of amides is 2. The van der Waals surface area contributed by atoms with Crippen molar-refractivity contribution in [3.8, 4) is 0 Å². The van der Waals surface area contributed by atoms with Gasteiger partial charge in [0.25, 0.3) is 5.91 Å². The SMILES string of the molecule is O=C(NCC(=O)N1CCN(c2cccc(Cl)c2)CC1)c1ccc(Br)cc1. The lowest BCUT2D eigenvalue weighted by Gasteiger charge is -2.36. The van der Waals surface area contributed by atoms with E-state index in [4.69, 9.17) is 11.6 Å². The molecule has 1 aliphatic rings. The summed E-state index contributed by atoms with van der Waals surface area (Å²) in [6, 6.07) is 14.7. The maximum atomic E-state index is 12.3. The molecule has 2 amide bonds. The molecule has 5 nitrogen and oxygen atoms in total. The molecule has 1 heterocycles. The Morgan fingerprint density at radius 1 is 1.04 bits per heavy atom. The van der Waals surface area contributed by atoms with Gasteiger partial charge >= 0.3 is 0 Å². The van der Waals surface area contributed by atoms with Crippen LogP contribution in [-0.4, -0.2) is 49.4 Å². The van der Waals surface area contributed by atoms with E-state index in [0.717, 1.165) is 23.2 Å². The minimum atomic E-state index is -0.247. The summed E-state index contributed by atoms with van der Waals surface area (Å²) in [6.07, 6.45) is 0. The van der Waals surface area contributed by atoms with Crippen LogP contribution in [0.15, 0.2) is 53.0 Å². The summed E-state index contributed by atoms with van der Waals surface area (Å²) < 4.78 is 0.905. The van der Waals surface area contributed by atoms with Gasteiger partial charge in [0.05, 0.1) is 6.54 Å². The largest absolute Gasteiger partial charge is 0.368 e. The van der Waals surface area contributed by atoms with Crippen molar-refractivity contribution >= 4 is 45.0 Å². The maximum Gasteiger partial charge on any atom is 0.251 e. The second-order valence-corrected chi connectivity index (χ2v) is 7.39. The summed E-state index contributed by atoms with van der Waals surface area (Å²) in [6.45, 7) is 2.74. The van der Waals surface area contributed by atoms with Crippen LogP contribution in [0.4, 0.5) is 5.69 Å². The van der Waals surface area contributed by atoms with Crippen molar-refractivity contribution in [3.05, 3.63) is 63.6 Å². The highest BCUT2D eigenvalue weighted by Gasteiger charge is 2.21. The minimum absolute atomic E-state index is 0.00601. The molecule has 7 heteroatoms. The van der Waals surface area contributed by atoms with E-state index in [1.54, 1.807) is 29.2 Å². The summed E-state index contributed by atoms with van der Waals surface area (Å²) >= 11 is 9.37. The second kappa shape index (κ2) is 8.56. The van der Waals surface area contributed by atoms with Gasteiger partial charge in [-0.2, -0.15) is 0 Å². The first-order valence-electron chi connectivity index (χ1n) is 8.35. The highest BCUT2D eigenvalue weighted by atomic mass is 79.9. The molecular formula is C19H19BrClN3O2. The molecule has 0 unspecified atom stereocenters. The Bertz CT molecular complexity index is 790. The van der Waals surface area contributed by atoms with Gasteiger partial charge in [-0.05, 0) is 42.5 Å². The summed E-state index contributed by atoms with van der Waals surface area (Å²) in [7, 11) is 0. The Morgan fingerprint density at radius 2 is 1.73 bits per heavy atom. The standard InChI is InChI=1S/C19H19BrClN3O2/c20-15-6-4-14(5-7-15)19(26)22-13-18(25)24-10-8-23(9-11-24)17-3-1-2-16(21)12-17/h1-7,12H,8-11,13H2,(H,22,26). The predicted octanol–water partition coefficient (Wildman–Crippen LogP) is 3.18. The summed E-state index contributed by atoms with van der Waals surface area (Å²) in [4.78, 5) is 28.4. The molecule has 26 heavy (non-hydrogen) atoms. The van der Waals surface area contributed by atoms with Crippen LogP contribution in [0, 0.1) is 0 Å². The van der Waals surface area contributed by atoms with Crippen molar-refractivity contribution in [3.63, 3.8) is 0 Å². The van der Waals surface area contributed by atoms with Crippen molar-refractivity contribution in [2.45, 2.75) is 0 Å². The van der Waals surface area contributed by atoms with Gasteiger partial charge in [0.1, 0.15) is 0 Å². The van der Waals surface area contributed by atoms with Gasteiger partial charge in [0.2, 0.25) is 5.91 Å². The van der Waals surface area contributed by atoms with Crippen LogP contribution in [0.1, 0.15) is 10.4 Å². The quantitative estimate of drug-likeness (QED) is 0.801. The van der Waals surface area contributed by atoms with Crippen molar-refractivity contribution in [2.24, 2.45) is 0 Å². The first kappa shape index (κ1) is 18.7. The fraction of sp³-hybridized carbons (Fsp3) is 0.263. The third kappa shape index (κ3) is 4.77. The zero-order valence-corrected chi connectivity index (χ0v) is 16.5. The first-order valence-corrected chi connectivity index (χ1v) is 9.52. The Morgan fingerprint density at radius 3 is 2.38 bits per heavy atom. The molecule has 3 rings (SSSR count). The Kier molecular flexibility index (Phi) is 6.16. The summed E-state index contributed by atoms with van der Waals surface area (Å²) in [5, 5.41) is 3.39. The van der Waals surface area contributed by atoms with Gasteiger partial charge in [-0.3, -0.25) is 9.59 Å². The zero-order valence-electron chi connectivity index (χ0n) is 14.1. The average molecular weight is 437 g/mol. The highest BCUT2D eigenvalue weighted by Crippen LogP contribution is 2.20. The third-order valence-corrected chi connectivity index (χ3v) is 5.08. The molecule has 0 aliphatic carbocycles. The van der Waals surface area contributed by atoms with Crippen LogP contribution in [0.25, 0.3) is 0 Å². The third-order valence-electron chi connectivity index (χ3n) is 4.31. The molecule has 0 aromatic heterocycles. The normalized spacial score (nSPS) is 14.2. The number of benzene rings is 2. The zero-order chi connectivity index (χ0) is 18.5. The van der Waals surface area contributed by atoms with E-state index in [2.05, 4.69) is 26.1 Å². The molecular weight excluding hydrogens is 418 g/mol. The lowest BCUT2D eigenvalue weighted by atomic mass is 10.2. The number of nitrogens with zero attached hydrogens (tertiary/aromatic N) is 2. The van der Waals surface area contributed by atoms with Gasteiger partial charge < -0.3 is 15.1 Å². The van der Waals surface area contributed by atoms with Crippen LogP contribution in [-0.2, 0) is 4.79 Å². The molecule has 0 saturated carbocycles. The van der Waals surface area contributed by atoms with E-state index in [-0.39, 0.29) is 18.4 Å². The highest BCUT2D eigenvalue weighted by molar-refractivity contribution is 9.10. The topological polar surface area (TPSA) is 52.7 Å². The number of anilines is 1. The number of hydrogen-bond acceptors (Lipinski definition) is 3. The first-order chi connectivity index (χ1) is 12.5. The molecule has 1 fully saturated rings. The van der Waals surface area contributed by atoms with Crippen molar-refractivity contribution in [2.75, 3.05) is 37.6 Å². The van der Waals surface area contributed by atoms with Crippen molar-refractivity contribution in [1.82, 2.24) is 10.2 Å².